The summed E-state index contributed by atoms with van der Waals surface area (Å²) in [6, 6.07) is 8.99. The summed E-state index contributed by atoms with van der Waals surface area (Å²) in [7, 11) is 1.63. The third kappa shape index (κ3) is 3.91. The number of fused-ring (bicyclic) bond motifs is 1. The predicted molar refractivity (Wildman–Crippen MR) is 144 cm³/mol. The van der Waals surface area contributed by atoms with Gasteiger partial charge in [-0.05, 0) is 45.7 Å². The molecular formula is C28H31N7O2. The van der Waals surface area contributed by atoms with Gasteiger partial charge >= 0.3 is 0 Å². The molecule has 0 aliphatic carbocycles. The lowest BCUT2D eigenvalue weighted by molar-refractivity contribution is 0.0989. The third-order valence-corrected chi connectivity index (χ3v) is 6.81. The molecule has 0 saturated heterocycles. The Labute approximate surface area is 215 Å². The molecule has 0 saturated carbocycles. The first-order chi connectivity index (χ1) is 17.6. The van der Waals surface area contributed by atoms with Gasteiger partial charge in [0.25, 0.3) is 11.5 Å². The first kappa shape index (κ1) is 24.4. The Morgan fingerprint density at radius 2 is 1.78 bits per heavy atom. The molecule has 1 amide bonds. The van der Waals surface area contributed by atoms with Crippen LogP contribution in [0.4, 0.5) is 11.4 Å². The van der Waals surface area contributed by atoms with Gasteiger partial charge in [0.05, 0.1) is 22.6 Å². The summed E-state index contributed by atoms with van der Waals surface area (Å²) >= 11 is 0. The molecule has 4 aromatic rings. The number of carbonyl (C=O) groups excluding carboxylic acids is 1. The Morgan fingerprint density at radius 3 is 2.43 bits per heavy atom. The summed E-state index contributed by atoms with van der Waals surface area (Å²) in [4.78, 5) is 42.8. The molecule has 1 aliphatic heterocycles. The van der Waals surface area contributed by atoms with Crippen molar-refractivity contribution >= 4 is 17.3 Å². The van der Waals surface area contributed by atoms with Crippen molar-refractivity contribution in [1.29, 1.82) is 0 Å². The molecule has 1 atom stereocenters. The van der Waals surface area contributed by atoms with Gasteiger partial charge < -0.3 is 14.9 Å². The second-order valence-corrected chi connectivity index (χ2v) is 9.83. The molecular weight excluding hydrogens is 466 g/mol. The van der Waals surface area contributed by atoms with Crippen molar-refractivity contribution in [3.63, 3.8) is 0 Å². The first-order valence-corrected chi connectivity index (χ1v) is 12.4. The molecule has 9 nitrogen and oxygen atoms in total. The molecule has 4 heterocycles. The van der Waals surface area contributed by atoms with Crippen LogP contribution < -0.4 is 16.2 Å². The minimum Gasteiger partial charge on any atom is -0.397 e. The molecule has 0 spiro atoms. The van der Waals surface area contributed by atoms with Crippen LogP contribution in [0.15, 0.2) is 47.5 Å². The highest BCUT2D eigenvalue weighted by molar-refractivity contribution is 6.10. The number of imidazole rings is 1. The molecule has 37 heavy (non-hydrogen) atoms. The van der Waals surface area contributed by atoms with Crippen LogP contribution in [0.5, 0.6) is 0 Å². The summed E-state index contributed by atoms with van der Waals surface area (Å²) in [6.45, 7) is 10.0. The van der Waals surface area contributed by atoms with E-state index in [0.29, 0.717) is 29.5 Å². The van der Waals surface area contributed by atoms with Gasteiger partial charge in [0.1, 0.15) is 23.4 Å². The number of aryl methyl sites for hydroxylation is 4. The van der Waals surface area contributed by atoms with Crippen molar-refractivity contribution < 1.29 is 4.79 Å². The quantitative estimate of drug-likeness (QED) is 0.444. The van der Waals surface area contributed by atoms with E-state index in [1.807, 2.05) is 45.0 Å². The number of aromatic nitrogens is 5. The summed E-state index contributed by atoms with van der Waals surface area (Å²) < 4.78 is 3.49. The lowest BCUT2D eigenvalue weighted by atomic mass is 10.0. The van der Waals surface area contributed by atoms with Gasteiger partial charge in [-0.3, -0.25) is 14.5 Å². The van der Waals surface area contributed by atoms with E-state index in [4.69, 9.17) is 10.7 Å². The lowest BCUT2D eigenvalue weighted by Gasteiger charge is -2.28. The average Bonchev–Trinajstić information content (AvgIpc) is 3.37. The largest absolute Gasteiger partial charge is 0.397 e. The van der Waals surface area contributed by atoms with E-state index in [9.17, 15) is 9.59 Å². The molecule has 9 heteroatoms. The van der Waals surface area contributed by atoms with Gasteiger partial charge in [0.15, 0.2) is 5.69 Å². The molecule has 0 unspecified atom stereocenters. The predicted octanol–water partition coefficient (Wildman–Crippen LogP) is 4.13. The molecule has 190 valence electrons. The van der Waals surface area contributed by atoms with Crippen LogP contribution in [0, 0.1) is 13.8 Å². The Balaban J connectivity index is 1.82. The smallest absolute Gasteiger partial charge is 0.279 e. The number of hydrogen-bond donors (Lipinski definition) is 1. The summed E-state index contributed by atoms with van der Waals surface area (Å²) in [5.41, 5.74) is 11.2. The van der Waals surface area contributed by atoms with Gasteiger partial charge in [0, 0.05) is 25.5 Å². The lowest BCUT2D eigenvalue weighted by Crippen LogP contribution is -2.36. The van der Waals surface area contributed by atoms with Crippen molar-refractivity contribution in [1.82, 2.24) is 24.1 Å². The van der Waals surface area contributed by atoms with Crippen LogP contribution in [-0.4, -0.2) is 30.0 Å². The van der Waals surface area contributed by atoms with E-state index in [1.54, 1.807) is 25.5 Å². The highest BCUT2D eigenvalue weighted by Gasteiger charge is 2.45. The fraction of sp³-hybridized carbons (Fsp3) is 0.321. The summed E-state index contributed by atoms with van der Waals surface area (Å²) in [5.74, 6) is 1.01. The van der Waals surface area contributed by atoms with Crippen LogP contribution in [0.1, 0.15) is 71.7 Å². The van der Waals surface area contributed by atoms with Crippen LogP contribution in [0.25, 0.3) is 11.4 Å². The van der Waals surface area contributed by atoms with Gasteiger partial charge in [-0.25, -0.2) is 15.0 Å². The second-order valence-electron chi connectivity index (χ2n) is 9.83. The van der Waals surface area contributed by atoms with Gasteiger partial charge in [-0.1, -0.05) is 36.8 Å². The Bertz CT molecular complexity index is 1580. The maximum absolute atomic E-state index is 14.1. The minimum absolute atomic E-state index is 0.0263. The maximum Gasteiger partial charge on any atom is 0.279 e. The number of rotatable bonds is 5. The van der Waals surface area contributed by atoms with Gasteiger partial charge in [0.2, 0.25) is 0 Å². The topological polar surface area (TPSA) is 112 Å². The van der Waals surface area contributed by atoms with Crippen molar-refractivity contribution in [2.75, 3.05) is 10.6 Å². The fourth-order valence-electron chi connectivity index (χ4n) is 5.10. The van der Waals surface area contributed by atoms with E-state index >= 15 is 0 Å². The normalized spacial score (nSPS) is 15.1. The van der Waals surface area contributed by atoms with Crippen molar-refractivity contribution in [2.45, 2.75) is 53.1 Å². The Kier molecular flexibility index (Phi) is 5.94. The Hall–Kier alpha value is -4.27. The molecule has 0 fully saturated rings. The average molecular weight is 498 g/mol. The van der Waals surface area contributed by atoms with Crippen LogP contribution in [0.3, 0.4) is 0 Å². The fourth-order valence-corrected chi connectivity index (χ4v) is 5.10. The van der Waals surface area contributed by atoms with Crippen LogP contribution >= 0.6 is 0 Å². The monoisotopic (exact) mass is 497 g/mol. The number of nitrogen functional groups attached to an aromatic ring is 1. The molecule has 0 radical (unpaired) electrons. The number of pyridine rings is 1. The number of nitrogens with two attached hydrogens (primary N) is 1. The minimum atomic E-state index is -0.558. The molecule has 2 N–H and O–H groups in total. The molecule has 1 aliphatic rings. The number of amides is 1. The zero-order valence-electron chi connectivity index (χ0n) is 22.0. The molecule has 3 aromatic heterocycles. The van der Waals surface area contributed by atoms with Gasteiger partial charge in [-0.15, -0.1) is 0 Å². The SMILES string of the molecule is CCc1nc(C)ncc1-c1nc2c(n1C(C)C)[C@H](c1ccc(C)cc1)N(c1cc(N)cn(C)c1=O)C2=O. The zero-order chi connectivity index (χ0) is 26.6. The molecule has 5 rings (SSSR count). The van der Waals surface area contributed by atoms with Gasteiger partial charge in [-0.2, -0.15) is 0 Å². The maximum atomic E-state index is 14.1. The number of nitrogens with zero attached hydrogens (tertiary/aromatic N) is 6. The van der Waals surface area contributed by atoms with Crippen LogP contribution in [-0.2, 0) is 13.5 Å². The van der Waals surface area contributed by atoms with Crippen LogP contribution in [0.2, 0.25) is 0 Å². The summed E-state index contributed by atoms with van der Waals surface area (Å²) in [5, 5.41) is 0. The highest BCUT2D eigenvalue weighted by atomic mass is 16.2. The number of carbonyl (C=O) groups is 1. The highest BCUT2D eigenvalue weighted by Crippen LogP contribution is 2.44. The van der Waals surface area contributed by atoms with E-state index in [2.05, 4.69) is 28.4 Å². The molecule has 0 bridgehead atoms. The number of anilines is 2. The number of benzene rings is 1. The zero-order valence-corrected chi connectivity index (χ0v) is 22.0. The second kappa shape index (κ2) is 8.99. The van der Waals surface area contributed by atoms with E-state index in [-0.39, 0.29) is 23.2 Å². The third-order valence-electron chi connectivity index (χ3n) is 6.81. The first-order valence-electron chi connectivity index (χ1n) is 12.4. The Morgan fingerprint density at radius 1 is 1.08 bits per heavy atom. The molecule has 1 aromatic carbocycles. The summed E-state index contributed by atoms with van der Waals surface area (Å²) in [6.07, 6.45) is 4.04. The van der Waals surface area contributed by atoms with Crippen molar-refractivity contribution in [2.24, 2.45) is 7.05 Å². The van der Waals surface area contributed by atoms with E-state index in [1.165, 1.54) is 9.47 Å². The van der Waals surface area contributed by atoms with E-state index in [0.717, 1.165) is 28.1 Å². The number of hydrogen-bond acceptors (Lipinski definition) is 6. The van der Waals surface area contributed by atoms with Crippen molar-refractivity contribution in [3.8, 4) is 11.4 Å². The van der Waals surface area contributed by atoms with Crippen molar-refractivity contribution in [3.05, 3.63) is 87.1 Å². The standard InChI is InChI=1S/C28H31N7O2/c1-7-21-20(13-30-17(5)31-21)26-32-23-25(34(26)15(2)3)24(18-10-8-16(4)9-11-18)35(28(23)37)22-12-19(29)14-33(6)27(22)36/h8-15,24H,7,29H2,1-6H3/t24-/m0/s1. The van der Waals surface area contributed by atoms with E-state index < -0.39 is 6.04 Å².